The van der Waals surface area contributed by atoms with Gasteiger partial charge in [-0.1, -0.05) is 6.82 Å². The van der Waals surface area contributed by atoms with Gasteiger partial charge in [0.1, 0.15) is 0 Å². The van der Waals surface area contributed by atoms with Crippen LogP contribution >= 0.6 is 8.69 Å². The van der Waals surface area contributed by atoms with Crippen LogP contribution in [0.1, 0.15) is 0 Å². The van der Waals surface area contributed by atoms with Crippen molar-refractivity contribution in [2.45, 2.75) is 6.82 Å². The average Bonchev–Trinajstić information content (AvgIpc) is 1.37. The second-order valence-electron chi connectivity index (χ2n) is 0.512. The summed E-state index contributed by atoms with van der Waals surface area (Å²) < 4.78 is 0. The van der Waals surface area contributed by atoms with Crippen LogP contribution in [-0.4, -0.2) is 11.9 Å². The second kappa shape index (κ2) is 3.45. The zero-order chi connectivity index (χ0) is 3.41. The molecule has 0 aromatic rings. The van der Waals surface area contributed by atoms with Crippen molar-refractivity contribution in [1.29, 1.82) is 0 Å². The molecule has 0 rings (SSSR count). The first-order valence-corrected chi connectivity index (χ1v) is 2.44. The molecule has 0 amide bonds. The van der Waals surface area contributed by atoms with Gasteiger partial charge in [0.05, 0.1) is 0 Å². The van der Waals surface area contributed by atoms with E-state index in [2.05, 4.69) is 0 Å². The molecule has 3 heteroatoms. The van der Waals surface area contributed by atoms with Gasteiger partial charge in [0, 0.05) is 0 Å². The van der Waals surface area contributed by atoms with Crippen LogP contribution in [0.25, 0.3) is 0 Å². The van der Waals surface area contributed by atoms with Crippen LogP contribution in [0.2, 0.25) is 6.82 Å². The molecule has 0 saturated carbocycles. The molecule has 0 aliphatic rings. The summed E-state index contributed by atoms with van der Waals surface area (Å²) in [6.45, 7) is 2.85. The van der Waals surface area contributed by atoms with Crippen LogP contribution < -0.4 is 0 Å². The lowest BCUT2D eigenvalue weighted by Crippen LogP contribution is -1.56. The minimum atomic E-state index is 0.140. The fourth-order valence-electron chi connectivity index (χ4n) is 0. The van der Waals surface area contributed by atoms with Gasteiger partial charge < -0.3 is 4.89 Å². The van der Waals surface area contributed by atoms with Crippen molar-refractivity contribution in [2.24, 2.45) is 0 Å². The summed E-state index contributed by atoms with van der Waals surface area (Å²) in [5.74, 6) is 0. The summed E-state index contributed by atoms with van der Waals surface area (Å²) in [5, 5.41) is 0. The first-order valence-electron chi connectivity index (χ1n) is 1.28. The van der Waals surface area contributed by atoms with Gasteiger partial charge in [0.25, 0.3) is 0 Å². The highest BCUT2D eigenvalue weighted by molar-refractivity contribution is 7.66. The van der Waals surface area contributed by atoms with Crippen molar-refractivity contribution in [1.82, 2.24) is 0 Å². The Balaban J connectivity index is 1.97. The SMILES string of the molecule is CBPO. The Kier molecular flexibility index (Phi) is 3.85. The van der Waals surface area contributed by atoms with Crippen LogP contribution in [0, 0.1) is 0 Å². The maximum Gasteiger partial charge on any atom is 0.179 e. The summed E-state index contributed by atoms with van der Waals surface area (Å²) in [6, 6.07) is 0. The molecule has 1 atom stereocenters. The molecule has 0 aliphatic heterocycles. The maximum absolute atomic E-state index is 7.90. The van der Waals surface area contributed by atoms with Gasteiger partial charge in [0.2, 0.25) is 0 Å². The minimum Gasteiger partial charge on any atom is -0.387 e. The molecule has 0 radical (unpaired) electrons. The second-order valence-corrected chi connectivity index (χ2v) is 1.54. The Labute approximate surface area is 28.5 Å². The Morgan fingerprint density at radius 2 is 2.25 bits per heavy atom. The van der Waals surface area contributed by atoms with Crippen LogP contribution in [0.4, 0.5) is 0 Å². The lowest BCUT2D eigenvalue weighted by molar-refractivity contribution is 0.658. The fraction of sp³-hybridized carbons (Fsp3) is 1.00. The molecule has 0 saturated heterocycles. The van der Waals surface area contributed by atoms with E-state index in [-0.39, 0.29) is 8.69 Å². The topological polar surface area (TPSA) is 20.2 Å². The molecule has 4 heavy (non-hydrogen) atoms. The Morgan fingerprint density at radius 1 is 2.00 bits per heavy atom. The molecule has 1 nitrogen and oxygen atoms in total. The van der Waals surface area contributed by atoms with Crippen molar-refractivity contribution in [3.8, 4) is 0 Å². The zero-order valence-corrected chi connectivity index (χ0v) is 3.65. The van der Waals surface area contributed by atoms with E-state index in [4.69, 9.17) is 4.89 Å². The predicted octanol–water partition coefficient (Wildman–Crippen LogP) is -0.0282. The van der Waals surface area contributed by atoms with Crippen molar-refractivity contribution in [2.75, 3.05) is 0 Å². The van der Waals surface area contributed by atoms with Gasteiger partial charge in [-0.3, -0.25) is 0 Å². The standard InChI is InChI=1S/CH6BOP/c1-2-4-3/h2-4H,1H3. The van der Waals surface area contributed by atoms with Crippen molar-refractivity contribution in [3.63, 3.8) is 0 Å². The monoisotopic (exact) mass is 76.0 g/mol. The third-order valence-corrected chi connectivity index (χ3v) is 0.474. The first-order chi connectivity index (χ1) is 1.91. The summed E-state index contributed by atoms with van der Waals surface area (Å²) in [6.07, 6.45) is 0. The van der Waals surface area contributed by atoms with E-state index in [1.165, 1.54) is 0 Å². The lowest BCUT2D eigenvalue weighted by Gasteiger charge is -1.65. The van der Waals surface area contributed by atoms with E-state index < -0.39 is 0 Å². The highest BCUT2D eigenvalue weighted by Gasteiger charge is 1.63. The third-order valence-electron chi connectivity index (χ3n) is 0.158. The highest BCUT2D eigenvalue weighted by atomic mass is 31.1. The van der Waals surface area contributed by atoms with Crippen LogP contribution in [-0.2, 0) is 0 Å². The molecule has 0 heterocycles. The Morgan fingerprint density at radius 3 is 2.25 bits per heavy atom. The summed E-state index contributed by atoms with van der Waals surface area (Å²) in [4.78, 5) is 7.90. The molecule has 24 valence electrons. The summed E-state index contributed by atoms with van der Waals surface area (Å²) in [5.41, 5.74) is 0. The van der Waals surface area contributed by atoms with Crippen molar-refractivity contribution >= 4 is 15.7 Å². The van der Waals surface area contributed by atoms with E-state index in [9.17, 15) is 0 Å². The van der Waals surface area contributed by atoms with Crippen molar-refractivity contribution in [3.05, 3.63) is 0 Å². The number of hydrogen-bond acceptors (Lipinski definition) is 1. The largest absolute Gasteiger partial charge is 0.387 e. The molecule has 1 N–H and O–H groups in total. The normalized spacial score (nSPS) is 9.50. The number of hydrogen-bond donors (Lipinski definition) is 1. The van der Waals surface area contributed by atoms with Crippen LogP contribution in [0.15, 0.2) is 0 Å². The van der Waals surface area contributed by atoms with Crippen LogP contribution in [0.5, 0.6) is 0 Å². The predicted molar refractivity (Wildman–Crippen MR) is 23.5 cm³/mol. The number of rotatable bonds is 1. The summed E-state index contributed by atoms with van der Waals surface area (Å²) in [7, 11) is 0.140. The highest BCUT2D eigenvalue weighted by Crippen LogP contribution is 1.91. The molecule has 0 spiro atoms. The van der Waals surface area contributed by atoms with Gasteiger partial charge in [-0.15, -0.1) is 0 Å². The van der Waals surface area contributed by atoms with Gasteiger partial charge in [0.15, 0.2) is 7.00 Å². The average molecular weight is 75.8 g/mol. The van der Waals surface area contributed by atoms with Crippen molar-refractivity contribution < 1.29 is 4.89 Å². The van der Waals surface area contributed by atoms with Gasteiger partial charge >= 0.3 is 0 Å². The molecular weight excluding hydrogens is 69.8 g/mol. The molecule has 0 bridgehead atoms. The molecule has 1 unspecified atom stereocenters. The third kappa shape index (κ3) is 2.45. The molecule has 0 aliphatic carbocycles. The van der Waals surface area contributed by atoms with E-state index in [1.807, 2.05) is 6.82 Å². The lowest BCUT2D eigenvalue weighted by atomic mass is 10.2. The van der Waals surface area contributed by atoms with E-state index in [0.29, 0.717) is 0 Å². The maximum atomic E-state index is 7.90. The van der Waals surface area contributed by atoms with Gasteiger partial charge in [-0.05, 0) is 8.69 Å². The van der Waals surface area contributed by atoms with E-state index in [1.54, 1.807) is 0 Å². The first kappa shape index (κ1) is 4.45. The van der Waals surface area contributed by atoms with Gasteiger partial charge in [-0.2, -0.15) is 0 Å². The fourth-order valence-corrected chi connectivity index (χ4v) is 0. The Bertz CT molecular complexity index is 10.0. The zero-order valence-electron chi connectivity index (χ0n) is 2.65. The quantitative estimate of drug-likeness (QED) is 0.343. The minimum absolute atomic E-state index is 0.140. The van der Waals surface area contributed by atoms with Crippen LogP contribution in [0.3, 0.4) is 0 Å². The molecule has 0 aromatic heterocycles. The molecule has 0 fully saturated rings. The smallest absolute Gasteiger partial charge is 0.179 e. The van der Waals surface area contributed by atoms with Gasteiger partial charge in [-0.25, -0.2) is 0 Å². The molecular formula is CH6BOP. The van der Waals surface area contributed by atoms with E-state index >= 15 is 0 Å². The Hall–Kier alpha value is 0.455. The summed E-state index contributed by atoms with van der Waals surface area (Å²) >= 11 is 0. The van der Waals surface area contributed by atoms with E-state index in [0.717, 1.165) is 7.00 Å². The molecule has 0 aromatic carbocycles.